The summed E-state index contributed by atoms with van der Waals surface area (Å²) in [6.45, 7) is 4.41. The van der Waals surface area contributed by atoms with Crippen molar-refractivity contribution in [1.82, 2.24) is 9.13 Å². The first-order chi connectivity index (χ1) is 19.8. The summed E-state index contributed by atoms with van der Waals surface area (Å²) in [6, 6.07) is 42.1. The van der Waals surface area contributed by atoms with E-state index in [1.807, 2.05) is 0 Å². The first-order valence-electron chi connectivity index (χ1n) is 14.3. The van der Waals surface area contributed by atoms with Crippen molar-refractivity contribution in [3.05, 3.63) is 133 Å². The van der Waals surface area contributed by atoms with Crippen LogP contribution >= 0.6 is 0 Å². The third-order valence-electron chi connectivity index (χ3n) is 8.00. The standard InChI is InChI=1S/C38H32N2/c1-3-5-6-15-29(4-2)39-37-22-12-9-19-33(37)34-26-28(23-24-38(34)39)27-14-13-16-30(25-27)40-35-20-10-7-17-31(35)32-18-8-11-21-36(32)40/h5-26H,3-4H2,1-2H3/b6-5-,29-15+. The smallest absolute Gasteiger partial charge is 0.0541 e. The quantitative estimate of drug-likeness (QED) is 0.195. The minimum Gasteiger partial charge on any atom is -0.313 e. The second-order valence-corrected chi connectivity index (χ2v) is 10.4. The van der Waals surface area contributed by atoms with Gasteiger partial charge in [-0.1, -0.05) is 98.8 Å². The molecule has 2 nitrogen and oxygen atoms in total. The van der Waals surface area contributed by atoms with Gasteiger partial charge in [-0.3, -0.25) is 0 Å². The fraction of sp³-hybridized carbons (Fsp3) is 0.105. The Morgan fingerprint density at radius 1 is 0.575 bits per heavy atom. The van der Waals surface area contributed by atoms with E-state index in [4.69, 9.17) is 0 Å². The molecule has 5 aromatic carbocycles. The largest absolute Gasteiger partial charge is 0.313 e. The van der Waals surface area contributed by atoms with Crippen LogP contribution in [-0.2, 0) is 0 Å². The normalized spacial score (nSPS) is 12.5. The molecule has 0 N–H and O–H groups in total. The summed E-state index contributed by atoms with van der Waals surface area (Å²) >= 11 is 0. The van der Waals surface area contributed by atoms with Crippen LogP contribution in [0, 0.1) is 0 Å². The molecule has 0 saturated carbocycles. The lowest BCUT2D eigenvalue weighted by atomic mass is 10.0. The summed E-state index contributed by atoms with van der Waals surface area (Å²) in [7, 11) is 0. The molecule has 40 heavy (non-hydrogen) atoms. The molecule has 2 aromatic heterocycles. The summed E-state index contributed by atoms with van der Waals surface area (Å²) < 4.78 is 4.82. The molecule has 2 heteroatoms. The van der Waals surface area contributed by atoms with Gasteiger partial charge in [0.25, 0.3) is 0 Å². The van der Waals surface area contributed by atoms with Crippen molar-refractivity contribution in [2.75, 3.05) is 0 Å². The maximum Gasteiger partial charge on any atom is 0.0541 e. The number of rotatable bonds is 6. The van der Waals surface area contributed by atoms with Crippen molar-refractivity contribution < 1.29 is 0 Å². The van der Waals surface area contributed by atoms with Gasteiger partial charge >= 0.3 is 0 Å². The van der Waals surface area contributed by atoms with Gasteiger partial charge in [0, 0.05) is 32.9 Å². The third-order valence-corrected chi connectivity index (χ3v) is 8.00. The fourth-order valence-electron chi connectivity index (χ4n) is 6.15. The predicted octanol–water partition coefficient (Wildman–Crippen LogP) is 10.8. The Labute approximate surface area is 235 Å². The predicted molar refractivity (Wildman–Crippen MR) is 173 cm³/mol. The highest BCUT2D eigenvalue weighted by Gasteiger charge is 2.15. The minimum absolute atomic E-state index is 0.963. The molecule has 0 aliphatic rings. The van der Waals surface area contributed by atoms with Crippen molar-refractivity contribution >= 4 is 49.3 Å². The van der Waals surface area contributed by atoms with E-state index < -0.39 is 0 Å². The van der Waals surface area contributed by atoms with E-state index in [-0.39, 0.29) is 0 Å². The van der Waals surface area contributed by atoms with Crippen LogP contribution < -0.4 is 0 Å². The number of hydrogen-bond donors (Lipinski definition) is 0. The van der Waals surface area contributed by atoms with Crippen molar-refractivity contribution in [3.8, 4) is 16.8 Å². The number of allylic oxidation sites excluding steroid dienone is 4. The Morgan fingerprint density at radius 3 is 1.85 bits per heavy atom. The topological polar surface area (TPSA) is 9.86 Å². The van der Waals surface area contributed by atoms with Crippen LogP contribution in [0.4, 0.5) is 0 Å². The van der Waals surface area contributed by atoms with Crippen LogP contribution in [0.3, 0.4) is 0 Å². The van der Waals surface area contributed by atoms with Crippen molar-refractivity contribution in [1.29, 1.82) is 0 Å². The molecule has 0 radical (unpaired) electrons. The van der Waals surface area contributed by atoms with E-state index >= 15 is 0 Å². The average molecular weight is 517 g/mol. The Bertz CT molecular complexity index is 2030. The van der Waals surface area contributed by atoms with Crippen LogP contribution in [0.5, 0.6) is 0 Å². The second kappa shape index (κ2) is 10.1. The molecule has 7 aromatic rings. The molecule has 0 atom stereocenters. The lowest BCUT2D eigenvalue weighted by molar-refractivity contribution is 1.08. The van der Waals surface area contributed by atoms with E-state index in [2.05, 4.69) is 156 Å². The Balaban J connectivity index is 1.41. The van der Waals surface area contributed by atoms with Crippen LogP contribution in [0.25, 0.3) is 66.1 Å². The fourth-order valence-corrected chi connectivity index (χ4v) is 6.15. The highest BCUT2D eigenvalue weighted by Crippen LogP contribution is 2.37. The van der Waals surface area contributed by atoms with Gasteiger partial charge in [-0.25, -0.2) is 0 Å². The highest BCUT2D eigenvalue weighted by atomic mass is 15.0. The van der Waals surface area contributed by atoms with Crippen molar-refractivity contribution in [2.45, 2.75) is 26.7 Å². The molecular weight excluding hydrogens is 484 g/mol. The van der Waals surface area contributed by atoms with Gasteiger partial charge in [0.2, 0.25) is 0 Å². The van der Waals surface area contributed by atoms with Gasteiger partial charge < -0.3 is 9.13 Å². The number of aromatic nitrogens is 2. The first kappa shape index (κ1) is 24.2. The number of hydrogen-bond acceptors (Lipinski definition) is 0. The first-order valence-corrected chi connectivity index (χ1v) is 14.3. The minimum atomic E-state index is 0.963. The number of fused-ring (bicyclic) bond motifs is 6. The molecule has 0 saturated heterocycles. The summed E-state index contributed by atoms with van der Waals surface area (Å²) in [5, 5.41) is 5.14. The lowest BCUT2D eigenvalue weighted by Gasteiger charge is -2.12. The molecule has 7 rings (SSSR count). The molecular formula is C38H32N2. The zero-order valence-electron chi connectivity index (χ0n) is 23.0. The number of nitrogens with zero attached hydrogens (tertiary/aromatic N) is 2. The van der Waals surface area contributed by atoms with Crippen LogP contribution in [0.2, 0.25) is 0 Å². The van der Waals surface area contributed by atoms with Crippen molar-refractivity contribution in [2.24, 2.45) is 0 Å². The van der Waals surface area contributed by atoms with Crippen molar-refractivity contribution in [3.63, 3.8) is 0 Å². The zero-order chi connectivity index (χ0) is 27.1. The summed E-state index contributed by atoms with van der Waals surface area (Å²) in [5.74, 6) is 0. The van der Waals surface area contributed by atoms with Gasteiger partial charge in [0.05, 0.1) is 22.1 Å². The third kappa shape index (κ3) is 3.87. The van der Waals surface area contributed by atoms with Crippen LogP contribution in [0.15, 0.2) is 133 Å². The monoisotopic (exact) mass is 516 g/mol. The summed E-state index contributed by atoms with van der Waals surface area (Å²) in [6.07, 6.45) is 8.67. The highest BCUT2D eigenvalue weighted by molar-refractivity contribution is 6.11. The molecule has 0 amide bonds. The average Bonchev–Trinajstić information content (AvgIpc) is 3.52. The SMILES string of the molecule is CC/C=C\C=C(/CC)n1c2ccccc2c2cc(-c3cccc(-n4c5ccccc5c5ccccc54)c3)ccc21. The maximum absolute atomic E-state index is 2.43. The maximum atomic E-state index is 2.43. The lowest BCUT2D eigenvalue weighted by Crippen LogP contribution is -1.96. The molecule has 0 aliphatic carbocycles. The van der Waals surface area contributed by atoms with E-state index in [1.165, 1.54) is 66.1 Å². The second-order valence-electron chi connectivity index (χ2n) is 10.4. The molecule has 0 unspecified atom stereocenters. The number of para-hydroxylation sites is 3. The summed E-state index contributed by atoms with van der Waals surface area (Å²) in [5.41, 5.74) is 9.90. The summed E-state index contributed by atoms with van der Waals surface area (Å²) in [4.78, 5) is 0. The Morgan fingerprint density at radius 2 is 1.18 bits per heavy atom. The van der Waals surface area contributed by atoms with E-state index in [9.17, 15) is 0 Å². The van der Waals surface area contributed by atoms with Gasteiger partial charge in [-0.05, 0) is 72.5 Å². The Kier molecular flexibility index (Phi) is 6.09. The number of benzene rings is 5. The molecule has 2 heterocycles. The molecule has 194 valence electrons. The molecule has 0 bridgehead atoms. The van der Waals surface area contributed by atoms with E-state index in [1.54, 1.807) is 0 Å². The van der Waals surface area contributed by atoms with E-state index in [0.29, 0.717) is 0 Å². The zero-order valence-corrected chi connectivity index (χ0v) is 23.0. The van der Waals surface area contributed by atoms with Gasteiger partial charge in [-0.2, -0.15) is 0 Å². The van der Waals surface area contributed by atoms with E-state index in [0.717, 1.165) is 12.8 Å². The molecule has 0 spiro atoms. The van der Waals surface area contributed by atoms with Crippen LogP contribution in [0.1, 0.15) is 26.7 Å². The Hall–Kier alpha value is -4.82. The van der Waals surface area contributed by atoms with Gasteiger partial charge in [0.15, 0.2) is 0 Å². The van der Waals surface area contributed by atoms with Crippen LogP contribution in [-0.4, -0.2) is 9.13 Å². The molecule has 0 fully saturated rings. The molecule has 0 aliphatic heterocycles. The van der Waals surface area contributed by atoms with Gasteiger partial charge in [0.1, 0.15) is 0 Å². The van der Waals surface area contributed by atoms with Gasteiger partial charge in [-0.15, -0.1) is 0 Å².